The van der Waals surface area contributed by atoms with Crippen molar-refractivity contribution in [3.8, 4) is 11.5 Å². The van der Waals surface area contributed by atoms with Gasteiger partial charge in [0.05, 0.1) is 24.8 Å². The molecule has 31 heavy (non-hydrogen) atoms. The van der Waals surface area contributed by atoms with E-state index in [1.165, 1.54) is 36.1 Å². The highest BCUT2D eigenvalue weighted by Gasteiger charge is 2.27. The van der Waals surface area contributed by atoms with Gasteiger partial charge in [0.15, 0.2) is 11.5 Å². The molecule has 7 heteroatoms. The summed E-state index contributed by atoms with van der Waals surface area (Å²) in [7, 11) is 3.14. The highest BCUT2D eigenvalue weighted by Crippen LogP contribution is 2.40. The molecule has 2 aromatic rings. The second kappa shape index (κ2) is 10.0. The van der Waals surface area contributed by atoms with E-state index in [4.69, 9.17) is 26.1 Å². The maximum Gasteiger partial charge on any atom is 0.254 e. The van der Waals surface area contributed by atoms with Crippen molar-refractivity contribution in [3.05, 3.63) is 38.7 Å². The molecule has 1 amide bonds. The number of amides is 1. The van der Waals surface area contributed by atoms with Gasteiger partial charge in [-0.3, -0.25) is 4.79 Å². The summed E-state index contributed by atoms with van der Waals surface area (Å²) >= 11 is 7.99. The first-order chi connectivity index (χ1) is 15.1. The molecule has 1 N–H and O–H groups in total. The average Bonchev–Trinajstić information content (AvgIpc) is 3.16. The minimum Gasteiger partial charge on any atom is -0.493 e. The molecular weight excluding hydrogens is 432 g/mol. The lowest BCUT2D eigenvalue weighted by Crippen LogP contribution is -2.36. The summed E-state index contributed by atoms with van der Waals surface area (Å²) < 4.78 is 10.7. The zero-order valence-electron chi connectivity index (χ0n) is 18.1. The zero-order chi connectivity index (χ0) is 21.8. The van der Waals surface area contributed by atoms with Crippen molar-refractivity contribution in [2.45, 2.75) is 63.8 Å². The monoisotopic (exact) mass is 460 g/mol. The van der Waals surface area contributed by atoms with E-state index in [-0.39, 0.29) is 11.9 Å². The number of thiophene rings is 1. The van der Waals surface area contributed by atoms with Crippen LogP contribution in [-0.4, -0.2) is 32.4 Å². The van der Waals surface area contributed by atoms with Gasteiger partial charge in [0, 0.05) is 17.1 Å². The van der Waals surface area contributed by atoms with Crippen LogP contribution in [0.4, 0.5) is 5.00 Å². The highest BCUT2D eigenvalue weighted by molar-refractivity contribution is 7.16. The van der Waals surface area contributed by atoms with E-state index in [9.17, 15) is 4.79 Å². The maximum atomic E-state index is 13.3. The Bertz CT molecular complexity index is 980. The number of nitrogens with zero attached hydrogens (tertiary/aromatic N) is 1. The van der Waals surface area contributed by atoms with Gasteiger partial charge >= 0.3 is 0 Å². The number of hydrogen-bond donors (Lipinski definition) is 1. The molecule has 0 saturated heterocycles. The van der Waals surface area contributed by atoms with Gasteiger partial charge in [0.25, 0.3) is 5.91 Å². The molecule has 1 aromatic carbocycles. The standard InChI is InChI=1S/C24H29ClN2O3S/c1-29-19-13-15(12-18(25)22(19)30-2)14-26-24-21(17-10-6-7-11-20(17)31-24)23(28)27-16-8-4-3-5-9-16/h12-14,16H,3-11H2,1-2H3,(H,27,28)/b26-14+. The molecule has 1 fully saturated rings. The van der Waals surface area contributed by atoms with Crippen molar-refractivity contribution in [3.63, 3.8) is 0 Å². The molecule has 0 bridgehead atoms. The van der Waals surface area contributed by atoms with Crippen molar-refractivity contribution in [1.29, 1.82) is 0 Å². The van der Waals surface area contributed by atoms with Crippen LogP contribution in [0.2, 0.25) is 5.02 Å². The average molecular weight is 461 g/mol. The number of fused-ring (bicyclic) bond motifs is 1. The molecule has 5 nitrogen and oxygen atoms in total. The van der Waals surface area contributed by atoms with Crippen molar-refractivity contribution in [2.75, 3.05) is 14.2 Å². The van der Waals surface area contributed by atoms with Crippen LogP contribution in [0.1, 0.15) is 71.3 Å². The molecule has 0 atom stereocenters. The first kappa shape index (κ1) is 22.2. The van der Waals surface area contributed by atoms with E-state index >= 15 is 0 Å². The molecule has 0 spiro atoms. The summed E-state index contributed by atoms with van der Waals surface area (Å²) in [6.45, 7) is 0. The van der Waals surface area contributed by atoms with E-state index in [0.717, 1.165) is 48.2 Å². The van der Waals surface area contributed by atoms with Crippen LogP contribution in [0.25, 0.3) is 0 Å². The second-order valence-corrected chi connectivity index (χ2v) is 9.69. The fourth-order valence-corrected chi connectivity index (χ4v) is 6.05. The topological polar surface area (TPSA) is 59.9 Å². The maximum absolute atomic E-state index is 13.3. The molecular formula is C24H29ClN2O3S. The van der Waals surface area contributed by atoms with Gasteiger partial charge in [-0.05, 0) is 61.8 Å². The third kappa shape index (κ3) is 4.90. The minimum atomic E-state index is 0.0313. The van der Waals surface area contributed by atoms with Crippen LogP contribution in [0.5, 0.6) is 11.5 Å². The van der Waals surface area contributed by atoms with E-state index in [1.807, 2.05) is 6.07 Å². The minimum absolute atomic E-state index is 0.0313. The number of ether oxygens (including phenoxy) is 2. The van der Waals surface area contributed by atoms with Crippen LogP contribution in [0.3, 0.4) is 0 Å². The number of hydrogen-bond acceptors (Lipinski definition) is 5. The summed E-state index contributed by atoms with van der Waals surface area (Å²) in [5, 5.41) is 4.53. The molecule has 1 heterocycles. The Morgan fingerprint density at radius 3 is 2.65 bits per heavy atom. The quantitative estimate of drug-likeness (QED) is 0.529. The van der Waals surface area contributed by atoms with Crippen LogP contribution < -0.4 is 14.8 Å². The second-order valence-electron chi connectivity index (χ2n) is 8.20. The fraction of sp³-hybridized carbons (Fsp3) is 0.500. The van der Waals surface area contributed by atoms with Crippen molar-refractivity contribution < 1.29 is 14.3 Å². The van der Waals surface area contributed by atoms with Crippen LogP contribution in [-0.2, 0) is 12.8 Å². The number of carbonyl (C=O) groups is 1. The summed E-state index contributed by atoms with van der Waals surface area (Å²) in [5.74, 6) is 1.08. The lowest BCUT2D eigenvalue weighted by Gasteiger charge is -2.23. The fourth-order valence-electron chi connectivity index (χ4n) is 4.53. The summed E-state index contributed by atoms with van der Waals surface area (Å²) in [4.78, 5) is 19.3. The Labute approximate surface area is 192 Å². The van der Waals surface area contributed by atoms with Crippen molar-refractivity contribution in [2.24, 2.45) is 4.99 Å². The molecule has 1 aromatic heterocycles. The third-order valence-electron chi connectivity index (χ3n) is 6.11. The summed E-state index contributed by atoms with van der Waals surface area (Å²) in [5.41, 5.74) is 2.77. The number of aryl methyl sites for hydroxylation is 1. The van der Waals surface area contributed by atoms with Gasteiger partial charge in [-0.25, -0.2) is 4.99 Å². The number of nitrogens with one attached hydrogen (secondary N) is 1. The number of methoxy groups -OCH3 is 2. The third-order valence-corrected chi connectivity index (χ3v) is 7.59. The van der Waals surface area contributed by atoms with Crippen LogP contribution >= 0.6 is 22.9 Å². The smallest absolute Gasteiger partial charge is 0.254 e. The number of benzene rings is 1. The Morgan fingerprint density at radius 1 is 1.13 bits per heavy atom. The number of aliphatic imine (C=N–C) groups is 1. The Morgan fingerprint density at radius 2 is 1.90 bits per heavy atom. The van der Waals surface area contributed by atoms with Crippen molar-refractivity contribution >= 4 is 40.1 Å². The van der Waals surface area contributed by atoms with Gasteiger partial charge in [-0.1, -0.05) is 30.9 Å². The van der Waals surface area contributed by atoms with Gasteiger partial charge in [0.2, 0.25) is 0 Å². The van der Waals surface area contributed by atoms with E-state index < -0.39 is 0 Å². The molecule has 0 unspecified atom stereocenters. The van der Waals surface area contributed by atoms with Crippen molar-refractivity contribution in [1.82, 2.24) is 5.32 Å². The summed E-state index contributed by atoms with van der Waals surface area (Å²) in [6.07, 6.45) is 11.8. The number of halogens is 1. The molecule has 0 aliphatic heterocycles. The Balaban J connectivity index is 1.64. The normalized spacial score (nSPS) is 16.9. The van der Waals surface area contributed by atoms with Gasteiger partial charge in [-0.15, -0.1) is 11.3 Å². The van der Waals surface area contributed by atoms with Gasteiger partial charge in [-0.2, -0.15) is 0 Å². The molecule has 4 rings (SSSR count). The first-order valence-electron chi connectivity index (χ1n) is 11.0. The molecule has 2 aliphatic carbocycles. The highest BCUT2D eigenvalue weighted by atomic mass is 35.5. The van der Waals surface area contributed by atoms with Crippen LogP contribution in [0.15, 0.2) is 17.1 Å². The zero-order valence-corrected chi connectivity index (χ0v) is 19.7. The predicted molar refractivity (Wildman–Crippen MR) is 127 cm³/mol. The SMILES string of the molecule is COc1cc(/C=N/c2sc3c(c2C(=O)NC2CCCCC2)CCCC3)cc(Cl)c1OC. The lowest BCUT2D eigenvalue weighted by atomic mass is 9.93. The summed E-state index contributed by atoms with van der Waals surface area (Å²) in [6, 6.07) is 3.91. The number of carbonyl (C=O) groups excluding carboxylic acids is 1. The first-order valence-corrected chi connectivity index (χ1v) is 12.2. The van der Waals surface area contributed by atoms with Crippen LogP contribution in [0, 0.1) is 0 Å². The lowest BCUT2D eigenvalue weighted by molar-refractivity contribution is 0.0927. The Kier molecular flexibility index (Phi) is 7.18. The largest absolute Gasteiger partial charge is 0.493 e. The Hall–Kier alpha value is -2.05. The molecule has 0 radical (unpaired) electrons. The molecule has 1 saturated carbocycles. The molecule has 2 aliphatic rings. The molecule has 166 valence electrons. The number of rotatable bonds is 6. The van der Waals surface area contributed by atoms with E-state index in [2.05, 4.69) is 5.32 Å². The van der Waals surface area contributed by atoms with Gasteiger partial charge in [0.1, 0.15) is 5.00 Å². The van der Waals surface area contributed by atoms with Gasteiger partial charge < -0.3 is 14.8 Å². The van der Waals surface area contributed by atoms with E-state index in [0.29, 0.717) is 16.5 Å². The predicted octanol–water partition coefficient (Wildman–Crippen LogP) is 6.11. The van der Waals surface area contributed by atoms with E-state index in [1.54, 1.807) is 37.8 Å².